The summed E-state index contributed by atoms with van der Waals surface area (Å²) in [5.41, 5.74) is 1.55. The molecule has 0 heterocycles. The van der Waals surface area contributed by atoms with Gasteiger partial charge >= 0.3 is 5.97 Å². The van der Waals surface area contributed by atoms with Gasteiger partial charge < -0.3 is 10.4 Å². The fourth-order valence-electron chi connectivity index (χ4n) is 2.57. The summed E-state index contributed by atoms with van der Waals surface area (Å²) in [6.45, 7) is 5.66. The Kier molecular flexibility index (Phi) is 3.84. The molecule has 0 bridgehead atoms. The van der Waals surface area contributed by atoms with Crippen molar-refractivity contribution in [1.82, 2.24) is 5.32 Å². The second kappa shape index (κ2) is 5.27. The Hall–Kier alpha value is -1.84. The maximum absolute atomic E-state index is 12.4. The predicted molar refractivity (Wildman–Crippen MR) is 76.5 cm³/mol. The molecular weight excluding hydrogens is 254 g/mol. The zero-order valence-corrected chi connectivity index (χ0v) is 12.1. The molecular formula is C16H21NO3. The SMILES string of the molecule is CC(C)C(C)(CC(=O)O)NC(=O)C1Cc2ccccc21. The molecule has 4 heteroatoms. The standard InChI is InChI=1S/C16H21NO3/c1-10(2)16(3,9-14(18)19)17-15(20)13-8-11-6-4-5-7-12(11)13/h4-7,10,13H,8-9H2,1-3H3,(H,17,20)(H,18,19). The Balaban J connectivity index is 2.09. The third kappa shape index (κ3) is 2.69. The minimum atomic E-state index is -0.893. The van der Waals surface area contributed by atoms with Crippen LogP contribution < -0.4 is 5.32 Å². The van der Waals surface area contributed by atoms with Gasteiger partial charge in [-0.05, 0) is 30.4 Å². The van der Waals surface area contributed by atoms with E-state index in [2.05, 4.69) is 5.32 Å². The number of aliphatic carboxylic acids is 1. The molecule has 1 aromatic carbocycles. The molecule has 0 fully saturated rings. The quantitative estimate of drug-likeness (QED) is 0.866. The van der Waals surface area contributed by atoms with Gasteiger partial charge in [-0.1, -0.05) is 38.1 Å². The maximum atomic E-state index is 12.4. The van der Waals surface area contributed by atoms with Crippen LogP contribution in [0.2, 0.25) is 0 Å². The summed E-state index contributed by atoms with van der Waals surface area (Å²) in [6.07, 6.45) is 0.675. The number of rotatable bonds is 5. The summed E-state index contributed by atoms with van der Waals surface area (Å²) in [7, 11) is 0. The van der Waals surface area contributed by atoms with Crippen molar-refractivity contribution in [2.75, 3.05) is 0 Å². The molecule has 2 atom stereocenters. The topological polar surface area (TPSA) is 66.4 Å². The molecule has 1 aliphatic rings. The van der Waals surface area contributed by atoms with Gasteiger partial charge in [0.2, 0.25) is 5.91 Å². The van der Waals surface area contributed by atoms with E-state index >= 15 is 0 Å². The highest BCUT2D eigenvalue weighted by molar-refractivity contribution is 5.88. The number of amides is 1. The van der Waals surface area contributed by atoms with Crippen LogP contribution in [0.1, 0.15) is 44.2 Å². The second-order valence-electron chi connectivity index (χ2n) is 6.09. The molecule has 0 aliphatic heterocycles. The lowest BCUT2D eigenvalue weighted by molar-refractivity contribution is -0.139. The van der Waals surface area contributed by atoms with Gasteiger partial charge in [0.25, 0.3) is 0 Å². The minimum absolute atomic E-state index is 0.0536. The molecule has 1 aromatic rings. The smallest absolute Gasteiger partial charge is 0.305 e. The van der Waals surface area contributed by atoms with E-state index in [4.69, 9.17) is 5.11 Å². The summed E-state index contributed by atoms with van der Waals surface area (Å²) >= 11 is 0. The first-order chi connectivity index (χ1) is 9.33. The lowest BCUT2D eigenvalue weighted by Gasteiger charge is -2.37. The van der Waals surface area contributed by atoms with Gasteiger partial charge in [-0.2, -0.15) is 0 Å². The molecule has 0 saturated carbocycles. The number of benzene rings is 1. The summed E-state index contributed by atoms with van der Waals surface area (Å²) < 4.78 is 0. The average molecular weight is 275 g/mol. The summed E-state index contributed by atoms with van der Waals surface area (Å²) in [5, 5.41) is 12.0. The van der Waals surface area contributed by atoms with Crippen molar-refractivity contribution in [2.24, 2.45) is 5.92 Å². The van der Waals surface area contributed by atoms with Crippen LogP contribution in [-0.2, 0) is 16.0 Å². The zero-order chi connectivity index (χ0) is 14.9. The van der Waals surface area contributed by atoms with Crippen LogP contribution in [0.25, 0.3) is 0 Å². The number of carboxylic acid groups (broad SMARTS) is 1. The molecule has 108 valence electrons. The summed E-state index contributed by atoms with van der Waals surface area (Å²) in [4.78, 5) is 23.4. The van der Waals surface area contributed by atoms with Crippen LogP contribution in [0.4, 0.5) is 0 Å². The highest BCUT2D eigenvalue weighted by Crippen LogP contribution is 2.35. The van der Waals surface area contributed by atoms with E-state index in [1.165, 1.54) is 5.56 Å². The lowest BCUT2D eigenvalue weighted by atomic mass is 9.76. The van der Waals surface area contributed by atoms with Crippen LogP contribution >= 0.6 is 0 Å². The van der Waals surface area contributed by atoms with Crippen molar-refractivity contribution in [2.45, 2.75) is 45.1 Å². The van der Waals surface area contributed by atoms with Crippen LogP contribution in [-0.4, -0.2) is 22.5 Å². The summed E-state index contributed by atoms with van der Waals surface area (Å²) in [5.74, 6) is -1.05. The third-order valence-electron chi connectivity index (χ3n) is 4.37. The fourth-order valence-corrected chi connectivity index (χ4v) is 2.57. The summed E-state index contributed by atoms with van der Waals surface area (Å²) in [6, 6.07) is 7.89. The third-order valence-corrected chi connectivity index (χ3v) is 4.37. The Labute approximate surface area is 119 Å². The number of hydrogen-bond acceptors (Lipinski definition) is 2. The number of carbonyl (C=O) groups is 2. The number of nitrogens with one attached hydrogen (secondary N) is 1. The number of carboxylic acids is 1. The first-order valence-corrected chi connectivity index (χ1v) is 6.95. The van der Waals surface area contributed by atoms with E-state index in [1.807, 2.05) is 38.1 Å². The minimum Gasteiger partial charge on any atom is -0.481 e. The molecule has 1 amide bonds. The Morgan fingerprint density at radius 2 is 2.05 bits per heavy atom. The Morgan fingerprint density at radius 1 is 1.40 bits per heavy atom. The normalized spacial score (nSPS) is 19.7. The molecule has 0 spiro atoms. The monoisotopic (exact) mass is 275 g/mol. The van der Waals surface area contributed by atoms with E-state index in [1.54, 1.807) is 6.92 Å². The van der Waals surface area contributed by atoms with Crippen LogP contribution in [0.3, 0.4) is 0 Å². The largest absolute Gasteiger partial charge is 0.481 e. The molecule has 1 aliphatic carbocycles. The maximum Gasteiger partial charge on any atom is 0.305 e. The van der Waals surface area contributed by atoms with Crippen molar-refractivity contribution in [1.29, 1.82) is 0 Å². The van der Waals surface area contributed by atoms with Crippen LogP contribution in [0.5, 0.6) is 0 Å². The van der Waals surface area contributed by atoms with E-state index in [0.29, 0.717) is 0 Å². The molecule has 0 aromatic heterocycles. The number of fused-ring (bicyclic) bond motifs is 1. The van der Waals surface area contributed by atoms with E-state index in [-0.39, 0.29) is 24.2 Å². The van der Waals surface area contributed by atoms with Crippen molar-refractivity contribution in [3.8, 4) is 0 Å². The van der Waals surface area contributed by atoms with Crippen molar-refractivity contribution in [3.63, 3.8) is 0 Å². The molecule has 2 unspecified atom stereocenters. The number of carbonyl (C=O) groups excluding carboxylic acids is 1. The zero-order valence-electron chi connectivity index (χ0n) is 12.1. The molecule has 2 N–H and O–H groups in total. The van der Waals surface area contributed by atoms with Gasteiger partial charge in [0.1, 0.15) is 0 Å². The first kappa shape index (κ1) is 14.6. The first-order valence-electron chi connectivity index (χ1n) is 6.95. The van der Waals surface area contributed by atoms with E-state index in [0.717, 1.165) is 12.0 Å². The molecule has 0 radical (unpaired) electrons. The van der Waals surface area contributed by atoms with Gasteiger partial charge in [0.15, 0.2) is 0 Å². The van der Waals surface area contributed by atoms with Crippen LogP contribution in [0.15, 0.2) is 24.3 Å². The molecule has 2 rings (SSSR count). The van der Waals surface area contributed by atoms with Crippen molar-refractivity contribution in [3.05, 3.63) is 35.4 Å². The second-order valence-corrected chi connectivity index (χ2v) is 6.09. The molecule has 0 saturated heterocycles. The van der Waals surface area contributed by atoms with Gasteiger partial charge in [-0.3, -0.25) is 9.59 Å². The van der Waals surface area contributed by atoms with Crippen molar-refractivity contribution >= 4 is 11.9 Å². The van der Waals surface area contributed by atoms with Crippen molar-refractivity contribution < 1.29 is 14.7 Å². The highest BCUT2D eigenvalue weighted by Gasteiger charge is 2.38. The number of hydrogen-bond donors (Lipinski definition) is 2. The average Bonchev–Trinajstić information content (AvgIpc) is 2.29. The highest BCUT2D eigenvalue weighted by atomic mass is 16.4. The fraction of sp³-hybridized carbons (Fsp3) is 0.500. The van der Waals surface area contributed by atoms with E-state index < -0.39 is 11.5 Å². The van der Waals surface area contributed by atoms with Gasteiger partial charge in [-0.25, -0.2) is 0 Å². The molecule has 4 nitrogen and oxygen atoms in total. The van der Waals surface area contributed by atoms with Gasteiger partial charge in [-0.15, -0.1) is 0 Å². The van der Waals surface area contributed by atoms with Crippen LogP contribution in [0, 0.1) is 5.92 Å². The van der Waals surface area contributed by atoms with Gasteiger partial charge in [0.05, 0.1) is 12.3 Å². The predicted octanol–water partition coefficient (Wildman–Crippen LogP) is 2.33. The molecule has 20 heavy (non-hydrogen) atoms. The van der Waals surface area contributed by atoms with Gasteiger partial charge in [0, 0.05) is 5.54 Å². The Bertz CT molecular complexity index is 538. The lowest BCUT2D eigenvalue weighted by Crippen LogP contribution is -2.53. The van der Waals surface area contributed by atoms with E-state index in [9.17, 15) is 9.59 Å². The Morgan fingerprint density at radius 3 is 2.60 bits per heavy atom.